The number of carboxylic acids is 1. The van der Waals surface area contributed by atoms with E-state index in [-0.39, 0.29) is 5.82 Å². The van der Waals surface area contributed by atoms with Crippen molar-refractivity contribution in [1.29, 1.82) is 0 Å². The number of rotatable bonds is 12. The Hall–Kier alpha value is -3.41. The Morgan fingerprint density at radius 2 is 1.80 bits per heavy atom. The predicted octanol–water partition coefficient (Wildman–Crippen LogP) is 5.58. The van der Waals surface area contributed by atoms with E-state index >= 15 is 0 Å². The van der Waals surface area contributed by atoms with E-state index in [1.807, 2.05) is 18.2 Å². The summed E-state index contributed by atoms with van der Waals surface area (Å²) in [5, 5.41) is 11.1. The van der Waals surface area contributed by atoms with Crippen molar-refractivity contribution >= 4 is 18.0 Å². The van der Waals surface area contributed by atoms with Crippen LogP contribution in [0.15, 0.2) is 61.2 Å². The summed E-state index contributed by atoms with van der Waals surface area (Å²) in [4.78, 5) is 22.9. The molecule has 2 N–H and O–H groups in total. The SMILES string of the molecule is C=CCCCCC/C=C\c1cc(C(=O)NCC(=O)O)ccc1Oc1ccc(F)cc1. The fourth-order valence-corrected chi connectivity index (χ4v) is 2.74. The summed E-state index contributed by atoms with van der Waals surface area (Å²) in [6, 6.07) is 10.5. The van der Waals surface area contributed by atoms with E-state index in [0.717, 1.165) is 32.1 Å². The second-order valence-electron chi connectivity index (χ2n) is 6.71. The Kier molecular flexibility index (Phi) is 9.31. The van der Waals surface area contributed by atoms with Crippen LogP contribution in [-0.4, -0.2) is 23.5 Å². The summed E-state index contributed by atoms with van der Waals surface area (Å²) in [5.74, 6) is -0.969. The van der Waals surface area contributed by atoms with Crippen LogP contribution in [0.1, 0.15) is 48.0 Å². The van der Waals surface area contributed by atoms with Crippen molar-refractivity contribution in [1.82, 2.24) is 5.32 Å². The first-order valence-corrected chi connectivity index (χ1v) is 9.84. The number of aliphatic carboxylic acids is 1. The van der Waals surface area contributed by atoms with Gasteiger partial charge in [0.2, 0.25) is 0 Å². The quantitative estimate of drug-likeness (QED) is 0.353. The maximum Gasteiger partial charge on any atom is 0.322 e. The molecule has 0 bridgehead atoms. The van der Waals surface area contributed by atoms with Crippen LogP contribution in [-0.2, 0) is 4.79 Å². The highest BCUT2D eigenvalue weighted by molar-refractivity contribution is 5.96. The molecule has 0 heterocycles. The van der Waals surface area contributed by atoms with Crippen molar-refractivity contribution in [3.05, 3.63) is 78.1 Å². The van der Waals surface area contributed by atoms with Gasteiger partial charge in [-0.2, -0.15) is 0 Å². The summed E-state index contributed by atoms with van der Waals surface area (Å²) in [7, 11) is 0. The fraction of sp³-hybridized carbons (Fsp3) is 0.250. The van der Waals surface area contributed by atoms with Gasteiger partial charge in [-0.05, 0) is 68.1 Å². The molecule has 0 spiro atoms. The maximum atomic E-state index is 13.1. The van der Waals surface area contributed by atoms with E-state index in [1.54, 1.807) is 18.2 Å². The average molecular weight is 411 g/mol. The Morgan fingerprint density at radius 1 is 1.07 bits per heavy atom. The number of ether oxygens (including phenoxy) is 1. The van der Waals surface area contributed by atoms with Crippen molar-refractivity contribution in [2.24, 2.45) is 0 Å². The standard InChI is InChI=1S/C24H26FNO4/c1-2-3-4-5-6-7-8-9-18-16-19(24(29)26-17-23(27)28)10-15-22(18)30-21-13-11-20(25)12-14-21/h2,8-16H,1,3-7,17H2,(H,26,29)(H,27,28)/b9-8-. The number of unbranched alkanes of at least 4 members (excludes halogenated alkanes) is 4. The number of hydrogen-bond donors (Lipinski definition) is 2. The molecular formula is C24H26FNO4. The van der Waals surface area contributed by atoms with Gasteiger partial charge in [0, 0.05) is 11.1 Å². The van der Waals surface area contributed by atoms with Crippen LogP contribution in [0.3, 0.4) is 0 Å². The van der Waals surface area contributed by atoms with Gasteiger partial charge in [-0.15, -0.1) is 6.58 Å². The van der Waals surface area contributed by atoms with Crippen LogP contribution in [0, 0.1) is 5.82 Å². The second-order valence-corrected chi connectivity index (χ2v) is 6.71. The number of nitrogens with one attached hydrogen (secondary N) is 1. The predicted molar refractivity (Wildman–Crippen MR) is 115 cm³/mol. The molecular weight excluding hydrogens is 385 g/mol. The molecule has 0 aliphatic heterocycles. The van der Waals surface area contributed by atoms with Gasteiger partial charge in [0.25, 0.3) is 5.91 Å². The number of hydrogen-bond acceptors (Lipinski definition) is 3. The number of carbonyl (C=O) groups is 2. The summed E-state index contributed by atoms with van der Waals surface area (Å²) in [6.45, 7) is 3.26. The largest absolute Gasteiger partial charge is 0.480 e. The Morgan fingerprint density at radius 3 is 2.50 bits per heavy atom. The van der Waals surface area contributed by atoms with Crippen molar-refractivity contribution in [3.63, 3.8) is 0 Å². The molecule has 0 aromatic heterocycles. The summed E-state index contributed by atoms with van der Waals surface area (Å²) < 4.78 is 19.0. The molecule has 30 heavy (non-hydrogen) atoms. The molecule has 5 nitrogen and oxygen atoms in total. The molecule has 0 aliphatic rings. The number of allylic oxidation sites excluding steroid dienone is 2. The number of benzene rings is 2. The zero-order valence-corrected chi connectivity index (χ0v) is 16.8. The fourth-order valence-electron chi connectivity index (χ4n) is 2.74. The normalized spacial score (nSPS) is 10.7. The molecule has 2 rings (SSSR count). The van der Waals surface area contributed by atoms with Gasteiger partial charge < -0.3 is 15.2 Å². The van der Waals surface area contributed by atoms with E-state index in [4.69, 9.17) is 9.84 Å². The first-order valence-electron chi connectivity index (χ1n) is 9.84. The molecule has 1 amide bonds. The molecule has 0 atom stereocenters. The van der Waals surface area contributed by atoms with Crippen LogP contribution in [0.25, 0.3) is 6.08 Å². The van der Waals surface area contributed by atoms with Gasteiger partial charge in [0.1, 0.15) is 23.9 Å². The molecule has 0 aliphatic carbocycles. The lowest BCUT2D eigenvalue weighted by Gasteiger charge is -2.11. The number of carbonyl (C=O) groups excluding carboxylic acids is 1. The van der Waals surface area contributed by atoms with E-state index in [1.165, 1.54) is 24.3 Å². The van der Waals surface area contributed by atoms with Crippen molar-refractivity contribution in [3.8, 4) is 11.5 Å². The number of amides is 1. The third-order valence-electron chi connectivity index (χ3n) is 4.29. The van der Waals surface area contributed by atoms with Crippen molar-refractivity contribution < 1.29 is 23.8 Å². The molecule has 6 heteroatoms. The lowest BCUT2D eigenvalue weighted by Crippen LogP contribution is -2.29. The zero-order chi connectivity index (χ0) is 21.8. The van der Waals surface area contributed by atoms with E-state index in [0.29, 0.717) is 22.6 Å². The molecule has 0 radical (unpaired) electrons. The Bertz CT molecular complexity index is 891. The maximum absolute atomic E-state index is 13.1. The second kappa shape index (κ2) is 12.2. The minimum atomic E-state index is -1.11. The summed E-state index contributed by atoms with van der Waals surface area (Å²) in [5.41, 5.74) is 1.00. The topological polar surface area (TPSA) is 75.6 Å². The van der Waals surface area contributed by atoms with Gasteiger partial charge in [-0.25, -0.2) is 4.39 Å². The van der Waals surface area contributed by atoms with Crippen molar-refractivity contribution in [2.45, 2.75) is 32.1 Å². The van der Waals surface area contributed by atoms with Crippen LogP contribution in [0.5, 0.6) is 11.5 Å². The third kappa shape index (κ3) is 7.91. The zero-order valence-electron chi connectivity index (χ0n) is 16.8. The summed E-state index contributed by atoms with van der Waals surface area (Å²) >= 11 is 0. The molecule has 0 fully saturated rings. The van der Waals surface area contributed by atoms with Gasteiger partial charge in [0.15, 0.2) is 0 Å². The van der Waals surface area contributed by atoms with E-state index in [9.17, 15) is 14.0 Å². The molecule has 2 aromatic carbocycles. The van der Waals surface area contributed by atoms with E-state index < -0.39 is 18.4 Å². The van der Waals surface area contributed by atoms with Gasteiger partial charge in [-0.3, -0.25) is 9.59 Å². The van der Waals surface area contributed by atoms with Gasteiger partial charge in [0.05, 0.1) is 0 Å². The third-order valence-corrected chi connectivity index (χ3v) is 4.29. The highest BCUT2D eigenvalue weighted by Gasteiger charge is 2.11. The minimum Gasteiger partial charge on any atom is -0.480 e. The first kappa shape index (κ1) is 22.9. The number of halogens is 1. The molecule has 0 unspecified atom stereocenters. The Labute approximate surface area is 175 Å². The highest BCUT2D eigenvalue weighted by atomic mass is 19.1. The molecule has 0 saturated heterocycles. The number of carboxylic acid groups (broad SMARTS) is 1. The van der Waals surface area contributed by atoms with E-state index in [2.05, 4.69) is 11.9 Å². The smallest absolute Gasteiger partial charge is 0.322 e. The Balaban J connectivity index is 2.15. The van der Waals surface area contributed by atoms with Gasteiger partial charge >= 0.3 is 5.97 Å². The summed E-state index contributed by atoms with van der Waals surface area (Å²) in [6.07, 6.45) is 10.9. The molecule has 0 saturated carbocycles. The van der Waals surface area contributed by atoms with Crippen molar-refractivity contribution in [2.75, 3.05) is 6.54 Å². The van der Waals surface area contributed by atoms with Crippen LogP contribution < -0.4 is 10.1 Å². The van der Waals surface area contributed by atoms with Crippen LogP contribution in [0.2, 0.25) is 0 Å². The average Bonchev–Trinajstić information content (AvgIpc) is 2.73. The minimum absolute atomic E-state index is 0.327. The molecule has 2 aromatic rings. The monoisotopic (exact) mass is 411 g/mol. The van der Waals surface area contributed by atoms with Crippen LogP contribution >= 0.6 is 0 Å². The highest BCUT2D eigenvalue weighted by Crippen LogP contribution is 2.28. The lowest BCUT2D eigenvalue weighted by molar-refractivity contribution is -0.135. The first-order chi connectivity index (χ1) is 14.5. The molecule has 158 valence electrons. The van der Waals surface area contributed by atoms with Gasteiger partial charge in [-0.1, -0.05) is 24.6 Å². The van der Waals surface area contributed by atoms with Crippen LogP contribution in [0.4, 0.5) is 4.39 Å². The lowest BCUT2D eigenvalue weighted by atomic mass is 10.1.